The lowest BCUT2D eigenvalue weighted by Gasteiger charge is -2.05. The van der Waals surface area contributed by atoms with E-state index in [0.29, 0.717) is 0 Å². The fourth-order valence-corrected chi connectivity index (χ4v) is 2.90. The molecule has 0 atom stereocenters. The molecule has 0 aliphatic rings. The minimum absolute atomic E-state index is 0.0424. The number of methoxy groups -OCH3 is 1. The summed E-state index contributed by atoms with van der Waals surface area (Å²) in [5.41, 5.74) is 0.911. The molecule has 0 spiro atoms. The number of rotatable bonds is 2. The van der Waals surface area contributed by atoms with Gasteiger partial charge < -0.3 is 9.84 Å². The van der Waals surface area contributed by atoms with Crippen LogP contribution >= 0.6 is 24.0 Å². The van der Waals surface area contributed by atoms with Gasteiger partial charge in [0.1, 0.15) is 5.75 Å². The Labute approximate surface area is 91.5 Å². The highest BCUT2D eigenvalue weighted by molar-refractivity contribution is 7.80. The van der Waals surface area contributed by atoms with E-state index in [0.717, 1.165) is 26.3 Å². The average Bonchev–Trinajstić information content (AvgIpc) is 2.62. The smallest absolute Gasteiger partial charge is 0.132 e. The second-order valence-corrected chi connectivity index (χ2v) is 4.27. The van der Waals surface area contributed by atoms with Crippen molar-refractivity contribution in [2.24, 2.45) is 0 Å². The second-order valence-electron chi connectivity index (χ2n) is 2.91. The summed E-state index contributed by atoms with van der Waals surface area (Å²) in [4.78, 5) is 0.801. The molecule has 0 fully saturated rings. The van der Waals surface area contributed by atoms with Crippen molar-refractivity contribution in [2.75, 3.05) is 7.11 Å². The van der Waals surface area contributed by atoms with Gasteiger partial charge in [-0.2, -0.15) is 0 Å². The van der Waals surface area contributed by atoms with Gasteiger partial charge in [-0.1, -0.05) is 0 Å². The molecule has 74 valence electrons. The van der Waals surface area contributed by atoms with Crippen molar-refractivity contribution in [1.82, 2.24) is 0 Å². The number of benzene rings is 1. The minimum Gasteiger partial charge on any atom is -0.496 e. The Hall–Kier alpha value is -0.710. The summed E-state index contributed by atoms with van der Waals surface area (Å²) in [7, 11) is 1.62. The number of aliphatic hydroxyl groups is 1. The molecular weight excluding hydrogens is 216 g/mol. The van der Waals surface area contributed by atoms with Gasteiger partial charge in [0.05, 0.1) is 18.6 Å². The van der Waals surface area contributed by atoms with Crippen molar-refractivity contribution in [3.8, 4) is 5.75 Å². The first-order valence-electron chi connectivity index (χ1n) is 4.14. The van der Waals surface area contributed by atoms with Gasteiger partial charge in [0.15, 0.2) is 0 Å². The Morgan fingerprint density at radius 3 is 2.93 bits per heavy atom. The van der Waals surface area contributed by atoms with Gasteiger partial charge in [-0.05, 0) is 23.1 Å². The Bertz CT molecular complexity index is 462. The van der Waals surface area contributed by atoms with Gasteiger partial charge in [0.25, 0.3) is 0 Å². The molecule has 1 heterocycles. The first-order chi connectivity index (χ1) is 6.77. The Morgan fingerprint density at radius 1 is 1.50 bits per heavy atom. The molecule has 2 aromatic rings. The lowest BCUT2D eigenvalue weighted by atomic mass is 10.2. The lowest BCUT2D eigenvalue weighted by Crippen LogP contribution is -1.86. The Morgan fingerprint density at radius 2 is 2.29 bits per heavy atom. The largest absolute Gasteiger partial charge is 0.496 e. The van der Waals surface area contributed by atoms with E-state index in [9.17, 15) is 0 Å². The van der Waals surface area contributed by atoms with Crippen molar-refractivity contribution in [3.63, 3.8) is 0 Å². The summed E-state index contributed by atoms with van der Waals surface area (Å²) in [6.07, 6.45) is 0. The maximum atomic E-state index is 9.14. The molecule has 1 N–H and O–H groups in total. The summed E-state index contributed by atoms with van der Waals surface area (Å²) in [5.74, 6) is 0.744. The number of hydrogen-bond acceptors (Lipinski definition) is 4. The molecule has 1 aromatic heterocycles. The molecular formula is C10H10O2S2. The van der Waals surface area contributed by atoms with Crippen molar-refractivity contribution in [2.45, 2.75) is 11.5 Å². The van der Waals surface area contributed by atoms with Crippen LogP contribution in [0.2, 0.25) is 0 Å². The molecule has 0 saturated carbocycles. The van der Waals surface area contributed by atoms with Gasteiger partial charge in [-0.15, -0.1) is 24.0 Å². The monoisotopic (exact) mass is 226 g/mol. The van der Waals surface area contributed by atoms with E-state index < -0.39 is 0 Å². The second kappa shape index (κ2) is 3.81. The van der Waals surface area contributed by atoms with Gasteiger partial charge in [-0.3, -0.25) is 0 Å². The van der Waals surface area contributed by atoms with Crippen LogP contribution in [-0.4, -0.2) is 12.2 Å². The predicted octanol–water partition coefficient (Wildman–Crippen LogP) is 2.69. The van der Waals surface area contributed by atoms with Crippen molar-refractivity contribution in [3.05, 3.63) is 23.1 Å². The van der Waals surface area contributed by atoms with Crippen LogP contribution in [0.4, 0.5) is 0 Å². The zero-order valence-electron chi connectivity index (χ0n) is 7.65. The summed E-state index contributed by atoms with van der Waals surface area (Å²) < 4.78 is 6.29. The van der Waals surface area contributed by atoms with Gasteiger partial charge in [0.2, 0.25) is 0 Å². The zero-order chi connectivity index (χ0) is 10.1. The van der Waals surface area contributed by atoms with Crippen LogP contribution in [0.3, 0.4) is 0 Å². The topological polar surface area (TPSA) is 29.5 Å². The summed E-state index contributed by atoms with van der Waals surface area (Å²) in [6, 6.07) is 3.88. The minimum atomic E-state index is 0.0424. The predicted molar refractivity (Wildman–Crippen MR) is 61.6 cm³/mol. The number of ether oxygens (including phenoxy) is 1. The first kappa shape index (κ1) is 9.83. The fourth-order valence-electron chi connectivity index (χ4n) is 1.44. The summed E-state index contributed by atoms with van der Waals surface area (Å²) in [5, 5.41) is 12.1. The highest BCUT2D eigenvalue weighted by atomic mass is 32.1. The molecule has 4 heteroatoms. The zero-order valence-corrected chi connectivity index (χ0v) is 9.36. The molecule has 2 rings (SSSR count). The molecule has 0 unspecified atom stereocenters. The Kier molecular flexibility index (Phi) is 2.67. The third-order valence-corrected chi connectivity index (χ3v) is 3.58. The number of thiophene rings is 1. The Balaban J connectivity index is 2.77. The molecule has 0 bridgehead atoms. The molecule has 0 radical (unpaired) electrons. The normalized spacial score (nSPS) is 10.8. The molecule has 14 heavy (non-hydrogen) atoms. The molecule has 1 aromatic carbocycles. The standard InChI is InChI=1S/C10H10O2S2/c1-12-7-2-3-8-9(10(7)13)6(4-11)5-14-8/h2-3,5,11,13H,4H2,1H3. The molecule has 0 aliphatic heterocycles. The third-order valence-electron chi connectivity index (χ3n) is 2.14. The number of fused-ring (bicyclic) bond motifs is 1. The van der Waals surface area contributed by atoms with Crippen LogP contribution in [0, 0.1) is 0 Å². The number of hydrogen-bond donors (Lipinski definition) is 2. The van der Waals surface area contributed by atoms with Crippen molar-refractivity contribution < 1.29 is 9.84 Å². The van der Waals surface area contributed by atoms with E-state index in [2.05, 4.69) is 12.6 Å². The van der Waals surface area contributed by atoms with Crippen LogP contribution in [0.25, 0.3) is 10.1 Å². The summed E-state index contributed by atoms with van der Waals surface area (Å²) >= 11 is 6.01. The van der Waals surface area contributed by atoms with E-state index in [1.807, 2.05) is 17.5 Å². The van der Waals surface area contributed by atoms with Crippen LogP contribution in [0.15, 0.2) is 22.4 Å². The fraction of sp³-hybridized carbons (Fsp3) is 0.200. The first-order valence-corrected chi connectivity index (χ1v) is 5.47. The summed E-state index contributed by atoms with van der Waals surface area (Å²) in [6.45, 7) is 0.0424. The average molecular weight is 226 g/mol. The van der Waals surface area contributed by atoms with Crippen LogP contribution in [0.1, 0.15) is 5.56 Å². The quantitative estimate of drug-likeness (QED) is 0.771. The van der Waals surface area contributed by atoms with E-state index in [1.54, 1.807) is 18.4 Å². The van der Waals surface area contributed by atoms with E-state index in [1.165, 1.54) is 0 Å². The number of aliphatic hydroxyl groups excluding tert-OH is 1. The lowest BCUT2D eigenvalue weighted by molar-refractivity contribution is 0.283. The van der Waals surface area contributed by atoms with E-state index >= 15 is 0 Å². The van der Waals surface area contributed by atoms with Crippen molar-refractivity contribution >= 4 is 34.1 Å². The molecule has 2 nitrogen and oxygen atoms in total. The maximum absolute atomic E-state index is 9.14. The van der Waals surface area contributed by atoms with Gasteiger partial charge >= 0.3 is 0 Å². The highest BCUT2D eigenvalue weighted by Gasteiger charge is 2.10. The van der Waals surface area contributed by atoms with Crippen LogP contribution in [-0.2, 0) is 6.61 Å². The molecule has 0 aliphatic carbocycles. The SMILES string of the molecule is COc1ccc2scc(CO)c2c1S. The third kappa shape index (κ3) is 1.39. The van der Waals surface area contributed by atoms with E-state index in [-0.39, 0.29) is 6.61 Å². The number of thiol groups is 1. The highest BCUT2D eigenvalue weighted by Crippen LogP contribution is 2.36. The maximum Gasteiger partial charge on any atom is 0.132 e. The van der Waals surface area contributed by atoms with Crippen LogP contribution in [0.5, 0.6) is 5.75 Å². The van der Waals surface area contributed by atoms with E-state index in [4.69, 9.17) is 9.84 Å². The van der Waals surface area contributed by atoms with Crippen molar-refractivity contribution in [1.29, 1.82) is 0 Å². The van der Waals surface area contributed by atoms with Gasteiger partial charge in [-0.25, -0.2) is 0 Å². The molecule has 0 amide bonds. The van der Waals surface area contributed by atoms with Gasteiger partial charge in [0, 0.05) is 10.1 Å². The van der Waals surface area contributed by atoms with Crippen LogP contribution < -0.4 is 4.74 Å². The molecule has 0 saturated heterocycles.